The second kappa shape index (κ2) is 8.78. The Labute approximate surface area is 171 Å². The van der Waals surface area contributed by atoms with Crippen LogP contribution in [0.3, 0.4) is 0 Å². The van der Waals surface area contributed by atoms with Gasteiger partial charge in [-0.1, -0.05) is 6.07 Å². The number of amides is 1. The standard InChI is InChI=1S/C22H16FN5O2/c23-15-3-1-4-17(13-15)27-21-19(5-2-10-26-21)22(29)28-16-6-8-18(9-7-16)30-20-14-24-11-12-25-20/h1-14H,(H,26,27)(H,28,29). The van der Waals surface area contributed by atoms with Gasteiger partial charge in [0.05, 0.1) is 11.8 Å². The molecule has 4 rings (SSSR count). The quantitative estimate of drug-likeness (QED) is 0.482. The Kier molecular flexibility index (Phi) is 5.56. The number of rotatable bonds is 6. The first-order valence-electron chi connectivity index (χ1n) is 9.00. The number of anilines is 3. The summed E-state index contributed by atoms with van der Waals surface area (Å²) in [5, 5.41) is 5.78. The fourth-order valence-corrected chi connectivity index (χ4v) is 2.65. The molecule has 0 bridgehead atoms. The number of nitrogens with zero attached hydrogens (tertiary/aromatic N) is 3. The molecule has 0 atom stereocenters. The topological polar surface area (TPSA) is 89.0 Å². The minimum absolute atomic E-state index is 0.321. The van der Waals surface area contributed by atoms with Crippen molar-refractivity contribution in [2.45, 2.75) is 0 Å². The zero-order chi connectivity index (χ0) is 20.8. The Morgan fingerprint density at radius 3 is 2.53 bits per heavy atom. The summed E-state index contributed by atoms with van der Waals surface area (Å²) < 4.78 is 19.0. The van der Waals surface area contributed by atoms with E-state index in [0.717, 1.165) is 0 Å². The van der Waals surface area contributed by atoms with E-state index in [2.05, 4.69) is 25.6 Å². The summed E-state index contributed by atoms with van der Waals surface area (Å²) in [4.78, 5) is 24.9. The van der Waals surface area contributed by atoms with Gasteiger partial charge in [-0.15, -0.1) is 0 Å². The van der Waals surface area contributed by atoms with E-state index in [4.69, 9.17) is 4.74 Å². The molecular weight excluding hydrogens is 385 g/mol. The maximum atomic E-state index is 13.4. The SMILES string of the molecule is O=C(Nc1ccc(Oc2cnccn2)cc1)c1cccnc1Nc1cccc(F)c1. The summed E-state index contributed by atoms with van der Waals surface area (Å²) in [6.07, 6.45) is 6.15. The van der Waals surface area contributed by atoms with Crippen LogP contribution in [0.15, 0.2) is 85.5 Å². The molecule has 7 nitrogen and oxygen atoms in total. The Morgan fingerprint density at radius 1 is 0.900 bits per heavy atom. The molecule has 0 aliphatic carbocycles. The Bertz CT molecular complexity index is 1150. The van der Waals surface area contributed by atoms with Crippen LogP contribution < -0.4 is 15.4 Å². The molecule has 30 heavy (non-hydrogen) atoms. The lowest BCUT2D eigenvalue weighted by molar-refractivity contribution is 0.102. The highest BCUT2D eigenvalue weighted by Gasteiger charge is 2.13. The zero-order valence-corrected chi connectivity index (χ0v) is 15.6. The third-order valence-corrected chi connectivity index (χ3v) is 4.01. The van der Waals surface area contributed by atoms with Crippen molar-refractivity contribution in [3.05, 3.63) is 96.8 Å². The van der Waals surface area contributed by atoms with Crippen LogP contribution in [0.2, 0.25) is 0 Å². The predicted molar refractivity (Wildman–Crippen MR) is 110 cm³/mol. The van der Waals surface area contributed by atoms with Crippen LogP contribution in [0.25, 0.3) is 0 Å². The van der Waals surface area contributed by atoms with Crippen molar-refractivity contribution in [1.29, 1.82) is 0 Å². The summed E-state index contributed by atoms with van der Waals surface area (Å²) in [6, 6.07) is 16.1. The Hall–Kier alpha value is -4.33. The molecule has 0 radical (unpaired) electrons. The van der Waals surface area contributed by atoms with E-state index in [0.29, 0.717) is 34.4 Å². The van der Waals surface area contributed by atoms with E-state index in [-0.39, 0.29) is 11.7 Å². The number of pyridine rings is 1. The molecule has 148 valence electrons. The first-order valence-corrected chi connectivity index (χ1v) is 9.00. The van der Waals surface area contributed by atoms with Gasteiger partial charge in [0.25, 0.3) is 5.91 Å². The molecule has 0 fully saturated rings. The molecule has 2 N–H and O–H groups in total. The lowest BCUT2D eigenvalue weighted by Gasteiger charge is -2.12. The Morgan fingerprint density at radius 2 is 1.77 bits per heavy atom. The number of hydrogen-bond acceptors (Lipinski definition) is 6. The first kappa shape index (κ1) is 19.0. The van der Waals surface area contributed by atoms with Gasteiger partial charge in [0.15, 0.2) is 0 Å². The maximum Gasteiger partial charge on any atom is 0.259 e. The molecule has 0 aliphatic rings. The van der Waals surface area contributed by atoms with E-state index < -0.39 is 0 Å². The van der Waals surface area contributed by atoms with Crippen LogP contribution in [-0.4, -0.2) is 20.9 Å². The highest BCUT2D eigenvalue weighted by molar-refractivity contribution is 6.07. The van der Waals surface area contributed by atoms with Crippen molar-refractivity contribution in [3.63, 3.8) is 0 Å². The van der Waals surface area contributed by atoms with Crippen LogP contribution in [0.5, 0.6) is 11.6 Å². The van der Waals surface area contributed by atoms with Crippen molar-refractivity contribution < 1.29 is 13.9 Å². The fourth-order valence-electron chi connectivity index (χ4n) is 2.65. The monoisotopic (exact) mass is 401 g/mol. The highest BCUT2D eigenvalue weighted by atomic mass is 19.1. The second-order valence-electron chi connectivity index (χ2n) is 6.16. The fraction of sp³-hybridized carbons (Fsp3) is 0. The molecule has 1 amide bonds. The number of ether oxygens (including phenoxy) is 1. The van der Waals surface area contributed by atoms with E-state index in [1.165, 1.54) is 24.5 Å². The van der Waals surface area contributed by atoms with Crippen LogP contribution in [0.4, 0.5) is 21.6 Å². The summed E-state index contributed by atoms with van der Waals surface area (Å²) in [7, 11) is 0. The number of halogens is 1. The van der Waals surface area contributed by atoms with Crippen molar-refractivity contribution in [2.75, 3.05) is 10.6 Å². The van der Waals surface area contributed by atoms with Crippen LogP contribution >= 0.6 is 0 Å². The summed E-state index contributed by atoms with van der Waals surface area (Å²) in [5.74, 6) is 0.513. The average Bonchev–Trinajstić information content (AvgIpc) is 2.76. The number of benzene rings is 2. The van der Waals surface area contributed by atoms with E-state index in [1.54, 1.807) is 60.9 Å². The van der Waals surface area contributed by atoms with Crippen molar-refractivity contribution in [1.82, 2.24) is 15.0 Å². The van der Waals surface area contributed by atoms with Crippen LogP contribution in [-0.2, 0) is 0 Å². The summed E-state index contributed by atoms with van der Waals surface area (Å²) in [6.45, 7) is 0. The van der Waals surface area contributed by atoms with Gasteiger partial charge in [0, 0.05) is 30.0 Å². The third kappa shape index (κ3) is 4.74. The van der Waals surface area contributed by atoms with Crippen molar-refractivity contribution in [2.24, 2.45) is 0 Å². The first-order chi connectivity index (χ1) is 14.7. The van der Waals surface area contributed by atoms with Crippen LogP contribution in [0.1, 0.15) is 10.4 Å². The summed E-state index contributed by atoms with van der Waals surface area (Å²) in [5.41, 5.74) is 1.39. The van der Waals surface area contributed by atoms with Gasteiger partial charge in [-0.3, -0.25) is 9.78 Å². The number of carbonyl (C=O) groups excluding carboxylic acids is 1. The minimum Gasteiger partial charge on any atom is -0.438 e. The molecule has 2 aromatic heterocycles. The van der Waals surface area contributed by atoms with E-state index in [1.807, 2.05) is 0 Å². The van der Waals surface area contributed by atoms with Gasteiger partial charge in [-0.05, 0) is 54.6 Å². The lowest BCUT2D eigenvalue weighted by atomic mass is 10.2. The molecular formula is C22H16FN5O2. The molecule has 0 spiro atoms. The molecule has 0 aliphatic heterocycles. The predicted octanol–water partition coefficient (Wildman–Crippen LogP) is 4.80. The van der Waals surface area contributed by atoms with E-state index >= 15 is 0 Å². The zero-order valence-electron chi connectivity index (χ0n) is 15.6. The molecule has 4 aromatic rings. The van der Waals surface area contributed by atoms with Crippen molar-refractivity contribution >= 4 is 23.1 Å². The van der Waals surface area contributed by atoms with Gasteiger partial charge >= 0.3 is 0 Å². The molecule has 2 heterocycles. The maximum absolute atomic E-state index is 13.4. The molecule has 8 heteroatoms. The van der Waals surface area contributed by atoms with Gasteiger partial charge in [0.1, 0.15) is 17.4 Å². The van der Waals surface area contributed by atoms with Gasteiger partial charge in [0.2, 0.25) is 5.88 Å². The summed E-state index contributed by atoms with van der Waals surface area (Å²) >= 11 is 0. The number of aromatic nitrogens is 3. The highest BCUT2D eigenvalue weighted by Crippen LogP contribution is 2.23. The number of carbonyl (C=O) groups is 1. The van der Waals surface area contributed by atoms with Gasteiger partial charge in [-0.25, -0.2) is 14.4 Å². The average molecular weight is 401 g/mol. The molecule has 2 aromatic carbocycles. The molecule has 0 unspecified atom stereocenters. The van der Waals surface area contributed by atoms with Gasteiger partial charge in [-0.2, -0.15) is 0 Å². The van der Waals surface area contributed by atoms with Gasteiger partial charge < -0.3 is 15.4 Å². The second-order valence-corrected chi connectivity index (χ2v) is 6.16. The normalized spacial score (nSPS) is 10.3. The molecule has 0 saturated heterocycles. The smallest absolute Gasteiger partial charge is 0.259 e. The molecule has 0 saturated carbocycles. The minimum atomic E-state index is -0.384. The largest absolute Gasteiger partial charge is 0.438 e. The Balaban J connectivity index is 1.46. The van der Waals surface area contributed by atoms with Crippen molar-refractivity contribution in [3.8, 4) is 11.6 Å². The number of hydrogen-bond donors (Lipinski definition) is 2. The van der Waals surface area contributed by atoms with E-state index in [9.17, 15) is 9.18 Å². The number of nitrogens with one attached hydrogen (secondary N) is 2. The third-order valence-electron chi connectivity index (χ3n) is 4.01. The lowest BCUT2D eigenvalue weighted by Crippen LogP contribution is -2.14. The van der Waals surface area contributed by atoms with Crippen LogP contribution in [0, 0.1) is 5.82 Å².